The van der Waals surface area contributed by atoms with Crippen LogP contribution >= 0.6 is 0 Å². The van der Waals surface area contributed by atoms with E-state index in [9.17, 15) is 0 Å². The fraction of sp³-hybridized carbons (Fsp3) is 0.289. The molecule has 0 aliphatic heterocycles. The average molecular weight is 599 g/mol. The van der Waals surface area contributed by atoms with Crippen LogP contribution in [0.25, 0.3) is 21.5 Å². The van der Waals surface area contributed by atoms with E-state index in [2.05, 4.69) is 134 Å². The molecule has 228 valence electrons. The highest BCUT2D eigenvalue weighted by molar-refractivity contribution is 5.92. The molecule has 5 aromatic rings. The van der Waals surface area contributed by atoms with Crippen LogP contribution in [0.5, 0.6) is 0 Å². The highest BCUT2D eigenvalue weighted by Gasteiger charge is 2.21. The van der Waals surface area contributed by atoms with Gasteiger partial charge in [0.2, 0.25) is 0 Å². The van der Waals surface area contributed by atoms with Crippen molar-refractivity contribution in [2.75, 3.05) is 0 Å². The quantitative estimate of drug-likeness (QED) is 0.169. The molecule has 5 aromatic carbocycles. The van der Waals surface area contributed by atoms with E-state index in [4.69, 9.17) is 11.2 Å². The highest BCUT2D eigenvalue weighted by Crippen LogP contribution is 2.37. The van der Waals surface area contributed by atoms with Crippen molar-refractivity contribution in [3.63, 3.8) is 0 Å². The Morgan fingerprint density at radius 1 is 0.717 bits per heavy atom. The smallest absolute Gasteiger partial charge is 0.116 e. The zero-order valence-electron chi connectivity index (χ0n) is 27.1. The minimum atomic E-state index is -0.221. The minimum Gasteiger partial charge on any atom is -0.361 e. The van der Waals surface area contributed by atoms with Crippen LogP contribution in [0.1, 0.15) is 91.7 Å². The van der Waals surface area contributed by atoms with Crippen molar-refractivity contribution in [2.24, 2.45) is 5.92 Å². The van der Waals surface area contributed by atoms with Crippen molar-refractivity contribution in [3.8, 4) is 36.0 Å². The molecule has 1 aliphatic rings. The van der Waals surface area contributed by atoms with Crippen LogP contribution < -0.4 is 0 Å². The van der Waals surface area contributed by atoms with E-state index in [1.807, 2.05) is 6.92 Å². The lowest BCUT2D eigenvalue weighted by Crippen LogP contribution is -2.13. The standard InChI is InChI=1S/C45H42O/c1-4-10-34-18-22-36(23-19-34)37-24-20-35(21-25-37)17-16-33(3)46-32-41-29-28-40-13-7-9-15-43(40)45(41)31-30-44-38(11-5-2)26-27-39-12-6-8-14-42(39)44/h2,6-9,12-15,20-21,24-29,33-34,36H,4,10-11,18-19,22-23,32H2,1,3H3/t33-,34?,36?/m0/s1. The normalized spacial score (nSPS) is 16.5. The Bertz CT molecular complexity index is 1980. The van der Waals surface area contributed by atoms with Crippen molar-refractivity contribution in [1.82, 2.24) is 0 Å². The van der Waals surface area contributed by atoms with Crippen LogP contribution in [0.4, 0.5) is 0 Å². The molecule has 1 fully saturated rings. The van der Waals surface area contributed by atoms with Gasteiger partial charge in [-0.3, -0.25) is 0 Å². The van der Waals surface area contributed by atoms with Gasteiger partial charge in [0.05, 0.1) is 6.61 Å². The van der Waals surface area contributed by atoms with E-state index in [0.717, 1.165) is 55.3 Å². The summed E-state index contributed by atoms with van der Waals surface area (Å²) in [6, 6.07) is 34.2. The van der Waals surface area contributed by atoms with Gasteiger partial charge < -0.3 is 4.74 Å². The maximum absolute atomic E-state index is 6.30. The lowest BCUT2D eigenvalue weighted by Gasteiger charge is -2.28. The van der Waals surface area contributed by atoms with Gasteiger partial charge in [-0.1, -0.05) is 128 Å². The van der Waals surface area contributed by atoms with Gasteiger partial charge in [0.1, 0.15) is 6.10 Å². The molecule has 6 rings (SSSR count). The van der Waals surface area contributed by atoms with Crippen molar-refractivity contribution in [3.05, 3.63) is 130 Å². The third kappa shape index (κ3) is 7.38. The van der Waals surface area contributed by atoms with Gasteiger partial charge in [-0.15, -0.1) is 12.3 Å². The fourth-order valence-electron chi connectivity index (χ4n) is 6.90. The second kappa shape index (κ2) is 15.0. The Hall–Kier alpha value is -4.74. The minimum absolute atomic E-state index is 0.221. The molecular formula is C45H42O. The summed E-state index contributed by atoms with van der Waals surface area (Å²) in [5.41, 5.74) is 6.60. The molecule has 0 spiro atoms. The molecule has 0 radical (unpaired) electrons. The predicted molar refractivity (Wildman–Crippen MR) is 194 cm³/mol. The van der Waals surface area contributed by atoms with E-state index in [-0.39, 0.29) is 6.10 Å². The van der Waals surface area contributed by atoms with Crippen LogP contribution in [0.15, 0.2) is 97.1 Å². The maximum Gasteiger partial charge on any atom is 0.116 e. The summed E-state index contributed by atoms with van der Waals surface area (Å²) in [4.78, 5) is 0. The summed E-state index contributed by atoms with van der Waals surface area (Å²) in [6.45, 7) is 4.75. The molecule has 0 heterocycles. The molecule has 0 saturated heterocycles. The summed E-state index contributed by atoms with van der Waals surface area (Å²) < 4.78 is 6.30. The Balaban J connectivity index is 1.19. The van der Waals surface area contributed by atoms with Crippen molar-refractivity contribution in [2.45, 2.75) is 77.4 Å². The Morgan fingerprint density at radius 2 is 1.33 bits per heavy atom. The maximum atomic E-state index is 6.30. The van der Waals surface area contributed by atoms with Gasteiger partial charge in [-0.05, 0) is 94.8 Å². The SMILES string of the molecule is C#CCc1ccc2ccccc2c1C#Cc1c(CO[C@@H](C)C#Cc2ccc(C3CCC(CCC)CC3)cc2)ccc2ccccc12. The zero-order valence-corrected chi connectivity index (χ0v) is 27.1. The summed E-state index contributed by atoms with van der Waals surface area (Å²) >= 11 is 0. The van der Waals surface area contributed by atoms with Gasteiger partial charge >= 0.3 is 0 Å². The van der Waals surface area contributed by atoms with Crippen molar-refractivity contribution >= 4 is 21.5 Å². The summed E-state index contributed by atoms with van der Waals surface area (Å²) in [5.74, 6) is 18.2. The number of terminal acetylenes is 1. The van der Waals surface area contributed by atoms with Crippen molar-refractivity contribution in [1.29, 1.82) is 0 Å². The number of hydrogen-bond donors (Lipinski definition) is 0. The lowest BCUT2D eigenvalue weighted by molar-refractivity contribution is 0.0900. The number of ether oxygens (including phenoxy) is 1. The topological polar surface area (TPSA) is 9.23 Å². The monoisotopic (exact) mass is 598 g/mol. The zero-order chi connectivity index (χ0) is 31.7. The van der Waals surface area contributed by atoms with Crippen molar-refractivity contribution < 1.29 is 4.74 Å². The van der Waals surface area contributed by atoms with Gasteiger partial charge in [-0.2, -0.15) is 0 Å². The first-order valence-corrected chi connectivity index (χ1v) is 16.8. The molecule has 0 unspecified atom stereocenters. The van der Waals surface area contributed by atoms with Gasteiger partial charge in [0.15, 0.2) is 0 Å². The first kappa shape index (κ1) is 31.3. The van der Waals surface area contributed by atoms with E-state index in [1.54, 1.807) is 0 Å². The summed E-state index contributed by atoms with van der Waals surface area (Å²) in [5, 5.41) is 4.55. The summed E-state index contributed by atoms with van der Waals surface area (Å²) in [7, 11) is 0. The molecule has 0 N–H and O–H groups in total. The Morgan fingerprint density at radius 3 is 1.96 bits per heavy atom. The van der Waals surface area contributed by atoms with Crippen LogP contribution in [0, 0.1) is 41.9 Å². The molecule has 1 atom stereocenters. The summed E-state index contributed by atoms with van der Waals surface area (Å²) in [6.07, 6.45) is 14.1. The van der Waals surface area contributed by atoms with Crippen LogP contribution in [0.2, 0.25) is 0 Å². The second-order valence-electron chi connectivity index (χ2n) is 12.6. The molecule has 1 heteroatoms. The van der Waals surface area contributed by atoms with Crippen LogP contribution in [-0.4, -0.2) is 6.10 Å². The number of hydrogen-bond acceptors (Lipinski definition) is 1. The number of benzene rings is 5. The number of fused-ring (bicyclic) bond motifs is 2. The van der Waals surface area contributed by atoms with Crippen LogP contribution in [0.3, 0.4) is 0 Å². The largest absolute Gasteiger partial charge is 0.361 e. The lowest BCUT2D eigenvalue weighted by atomic mass is 9.77. The molecule has 1 aliphatic carbocycles. The van der Waals surface area contributed by atoms with E-state index < -0.39 is 0 Å². The Labute approximate surface area is 275 Å². The highest BCUT2D eigenvalue weighted by atomic mass is 16.5. The number of rotatable bonds is 7. The molecule has 46 heavy (non-hydrogen) atoms. The van der Waals surface area contributed by atoms with Gasteiger partial charge in [0.25, 0.3) is 0 Å². The molecule has 1 nitrogen and oxygen atoms in total. The van der Waals surface area contributed by atoms with E-state index in [1.165, 1.54) is 44.1 Å². The molecular weight excluding hydrogens is 556 g/mol. The predicted octanol–water partition coefficient (Wildman–Crippen LogP) is 10.6. The fourth-order valence-corrected chi connectivity index (χ4v) is 6.90. The molecule has 0 aromatic heterocycles. The third-order valence-electron chi connectivity index (χ3n) is 9.47. The average Bonchev–Trinajstić information content (AvgIpc) is 3.10. The van der Waals surface area contributed by atoms with E-state index in [0.29, 0.717) is 18.9 Å². The first-order chi connectivity index (χ1) is 22.6. The van der Waals surface area contributed by atoms with E-state index >= 15 is 0 Å². The van der Waals surface area contributed by atoms with Gasteiger partial charge in [-0.25, -0.2) is 0 Å². The second-order valence-corrected chi connectivity index (χ2v) is 12.6. The third-order valence-corrected chi connectivity index (χ3v) is 9.47. The molecule has 0 bridgehead atoms. The molecule has 1 saturated carbocycles. The first-order valence-electron chi connectivity index (χ1n) is 16.8. The molecule has 0 amide bonds. The van der Waals surface area contributed by atoms with Crippen LogP contribution in [-0.2, 0) is 17.8 Å². The Kier molecular flexibility index (Phi) is 10.2. The van der Waals surface area contributed by atoms with Gasteiger partial charge in [0, 0.05) is 23.1 Å².